The molecule has 1 atom stereocenters. The Morgan fingerprint density at radius 1 is 1.21 bits per heavy atom. The van der Waals surface area contributed by atoms with E-state index in [2.05, 4.69) is 35.6 Å². The molecule has 100 valence electrons. The SMILES string of the molecule is CC(CN)C(=O)NCCc1cccc2ccccc12. The van der Waals surface area contributed by atoms with Crippen molar-refractivity contribution in [2.24, 2.45) is 11.7 Å². The molecule has 0 aliphatic rings. The van der Waals surface area contributed by atoms with Gasteiger partial charge in [0.1, 0.15) is 0 Å². The zero-order valence-electron chi connectivity index (χ0n) is 11.2. The Labute approximate surface area is 113 Å². The number of nitrogens with one attached hydrogen (secondary N) is 1. The molecular formula is C16H20N2O. The topological polar surface area (TPSA) is 55.1 Å². The molecule has 0 heterocycles. The monoisotopic (exact) mass is 256 g/mol. The van der Waals surface area contributed by atoms with Crippen molar-refractivity contribution in [1.82, 2.24) is 5.32 Å². The van der Waals surface area contributed by atoms with Gasteiger partial charge in [-0.05, 0) is 22.8 Å². The van der Waals surface area contributed by atoms with E-state index in [9.17, 15) is 4.79 Å². The first kappa shape index (κ1) is 13.6. The third kappa shape index (κ3) is 3.32. The number of nitrogens with two attached hydrogens (primary N) is 1. The molecule has 0 saturated heterocycles. The van der Waals surface area contributed by atoms with Crippen LogP contribution in [0.2, 0.25) is 0 Å². The van der Waals surface area contributed by atoms with Crippen LogP contribution >= 0.6 is 0 Å². The van der Waals surface area contributed by atoms with E-state index in [1.165, 1.54) is 16.3 Å². The first-order valence-electron chi connectivity index (χ1n) is 6.67. The molecular weight excluding hydrogens is 236 g/mol. The summed E-state index contributed by atoms with van der Waals surface area (Å²) in [5.74, 6) is -0.0877. The van der Waals surface area contributed by atoms with E-state index >= 15 is 0 Å². The maximum absolute atomic E-state index is 11.6. The Morgan fingerprint density at radius 2 is 1.95 bits per heavy atom. The Kier molecular flexibility index (Phi) is 4.53. The number of hydrogen-bond acceptors (Lipinski definition) is 2. The second kappa shape index (κ2) is 6.34. The first-order valence-corrected chi connectivity index (χ1v) is 6.67. The zero-order valence-corrected chi connectivity index (χ0v) is 11.2. The summed E-state index contributed by atoms with van der Waals surface area (Å²) in [4.78, 5) is 11.6. The Bertz CT molecular complexity index is 560. The largest absolute Gasteiger partial charge is 0.355 e. The van der Waals surface area contributed by atoms with Crippen molar-refractivity contribution in [1.29, 1.82) is 0 Å². The van der Waals surface area contributed by atoms with Crippen molar-refractivity contribution >= 4 is 16.7 Å². The minimum atomic E-state index is -0.118. The highest BCUT2D eigenvalue weighted by Gasteiger charge is 2.09. The zero-order chi connectivity index (χ0) is 13.7. The van der Waals surface area contributed by atoms with Gasteiger partial charge in [0.05, 0.1) is 0 Å². The maximum Gasteiger partial charge on any atom is 0.224 e. The van der Waals surface area contributed by atoms with Gasteiger partial charge in [0.2, 0.25) is 5.91 Å². The van der Waals surface area contributed by atoms with Crippen LogP contribution in [0.1, 0.15) is 12.5 Å². The van der Waals surface area contributed by atoms with Gasteiger partial charge in [-0.3, -0.25) is 4.79 Å². The van der Waals surface area contributed by atoms with Crippen LogP contribution < -0.4 is 11.1 Å². The number of amides is 1. The number of rotatable bonds is 5. The van der Waals surface area contributed by atoms with Crippen molar-refractivity contribution in [2.75, 3.05) is 13.1 Å². The van der Waals surface area contributed by atoms with Crippen molar-refractivity contribution in [3.63, 3.8) is 0 Å². The van der Waals surface area contributed by atoms with Crippen LogP contribution in [0.4, 0.5) is 0 Å². The fraction of sp³-hybridized carbons (Fsp3) is 0.312. The predicted octanol–water partition coefficient (Wildman–Crippen LogP) is 2.09. The lowest BCUT2D eigenvalue weighted by Crippen LogP contribution is -2.34. The van der Waals surface area contributed by atoms with Crippen molar-refractivity contribution < 1.29 is 4.79 Å². The van der Waals surface area contributed by atoms with E-state index in [1.54, 1.807) is 0 Å². The van der Waals surface area contributed by atoms with Crippen molar-refractivity contribution in [3.05, 3.63) is 48.0 Å². The third-order valence-electron chi connectivity index (χ3n) is 3.37. The van der Waals surface area contributed by atoms with Crippen molar-refractivity contribution in [3.8, 4) is 0 Å². The van der Waals surface area contributed by atoms with Gasteiger partial charge in [-0.15, -0.1) is 0 Å². The van der Waals surface area contributed by atoms with Crippen LogP contribution in [-0.2, 0) is 11.2 Å². The van der Waals surface area contributed by atoms with E-state index in [1.807, 2.05) is 19.1 Å². The molecule has 2 rings (SSSR count). The van der Waals surface area contributed by atoms with Gasteiger partial charge in [0.15, 0.2) is 0 Å². The normalized spacial score (nSPS) is 12.3. The maximum atomic E-state index is 11.6. The highest BCUT2D eigenvalue weighted by atomic mass is 16.1. The standard InChI is InChI=1S/C16H20N2O/c1-12(11-17)16(19)18-10-9-14-7-4-6-13-5-2-3-8-15(13)14/h2-8,12H,9-11,17H2,1H3,(H,18,19). The summed E-state index contributed by atoms with van der Waals surface area (Å²) in [6.07, 6.45) is 0.838. The lowest BCUT2D eigenvalue weighted by molar-refractivity contribution is -0.124. The van der Waals surface area contributed by atoms with Crippen LogP contribution in [0.3, 0.4) is 0 Å². The summed E-state index contributed by atoms with van der Waals surface area (Å²) in [6, 6.07) is 14.6. The lowest BCUT2D eigenvalue weighted by atomic mass is 10.0. The molecule has 0 bridgehead atoms. The summed E-state index contributed by atoms with van der Waals surface area (Å²) in [6.45, 7) is 2.88. The molecule has 19 heavy (non-hydrogen) atoms. The Balaban J connectivity index is 2.01. The van der Waals surface area contributed by atoms with Gasteiger partial charge in [-0.2, -0.15) is 0 Å². The Hall–Kier alpha value is -1.87. The van der Waals surface area contributed by atoms with E-state index < -0.39 is 0 Å². The van der Waals surface area contributed by atoms with Crippen LogP contribution in [0.15, 0.2) is 42.5 Å². The van der Waals surface area contributed by atoms with Crippen LogP contribution in [0.5, 0.6) is 0 Å². The minimum absolute atomic E-state index is 0.0303. The molecule has 3 nitrogen and oxygen atoms in total. The average molecular weight is 256 g/mol. The molecule has 3 heteroatoms. The van der Waals surface area contributed by atoms with E-state index in [-0.39, 0.29) is 11.8 Å². The smallest absolute Gasteiger partial charge is 0.224 e. The van der Waals surface area contributed by atoms with E-state index in [0.717, 1.165) is 6.42 Å². The van der Waals surface area contributed by atoms with E-state index in [0.29, 0.717) is 13.1 Å². The highest BCUT2D eigenvalue weighted by molar-refractivity contribution is 5.85. The minimum Gasteiger partial charge on any atom is -0.355 e. The number of benzene rings is 2. The van der Waals surface area contributed by atoms with Gasteiger partial charge >= 0.3 is 0 Å². The van der Waals surface area contributed by atoms with Gasteiger partial charge in [0.25, 0.3) is 0 Å². The molecule has 0 saturated carbocycles. The second-order valence-electron chi connectivity index (χ2n) is 4.82. The molecule has 0 aromatic heterocycles. The fourth-order valence-corrected chi connectivity index (χ4v) is 2.11. The summed E-state index contributed by atoms with van der Waals surface area (Å²) >= 11 is 0. The van der Waals surface area contributed by atoms with Gasteiger partial charge in [0, 0.05) is 19.0 Å². The molecule has 0 radical (unpaired) electrons. The molecule has 0 aliphatic heterocycles. The average Bonchev–Trinajstić information content (AvgIpc) is 2.46. The van der Waals surface area contributed by atoms with Gasteiger partial charge in [-0.1, -0.05) is 49.4 Å². The molecule has 2 aromatic carbocycles. The summed E-state index contributed by atoms with van der Waals surface area (Å²) < 4.78 is 0. The number of carbonyl (C=O) groups excluding carboxylic acids is 1. The molecule has 1 unspecified atom stereocenters. The van der Waals surface area contributed by atoms with Gasteiger partial charge < -0.3 is 11.1 Å². The third-order valence-corrected chi connectivity index (χ3v) is 3.37. The number of hydrogen-bond donors (Lipinski definition) is 2. The highest BCUT2D eigenvalue weighted by Crippen LogP contribution is 2.18. The molecule has 0 aliphatic carbocycles. The van der Waals surface area contributed by atoms with Crippen LogP contribution in [0.25, 0.3) is 10.8 Å². The molecule has 0 fully saturated rings. The predicted molar refractivity (Wildman–Crippen MR) is 78.9 cm³/mol. The summed E-state index contributed by atoms with van der Waals surface area (Å²) in [7, 11) is 0. The number of carbonyl (C=O) groups is 1. The fourth-order valence-electron chi connectivity index (χ4n) is 2.11. The number of fused-ring (bicyclic) bond motifs is 1. The van der Waals surface area contributed by atoms with Crippen LogP contribution in [-0.4, -0.2) is 19.0 Å². The lowest BCUT2D eigenvalue weighted by Gasteiger charge is -2.11. The van der Waals surface area contributed by atoms with Crippen molar-refractivity contribution in [2.45, 2.75) is 13.3 Å². The molecule has 0 spiro atoms. The molecule has 3 N–H and O–H groups in total. The summed E-state index contributed by atoms with van der Waals surface area (Å²) in [5, 5.41) is 5.42. The quantitative estimate of drug-likeness (QED) is 0.860. The Morgan fingerprint density at radius 3 is 2.74 bits per heavy atom. The van der Waals surface area contributed by atoms with Gasteiger partial charge in [-0.25, -0.2) is 0 Å². The summed E-state index contributed by atoms with van der Waals surface area (Å²) in [5.41, 5.74) is 6.73. The molecule has 1 amide bonds. The molecule has 2 aromatic rings. The van der Waals surface area contributed by atoms with Crippen LogP contribution in [0, 0.1) is 5.92 Å². The van der Waals surface area contributed by atoms with E-state index in [4.69, 9.17) is 5.73 Å². The first-order chi connectivity index (χ1) is 9.22. The second-order valence-corrected chi connectivity index (χ2v) is 4.82.